The first-order valence-corrected chi connectivity index (χ1v) is 11.4. The van der Waals surface area contributed by atoms with Crippen LogP contribution in [0.4, 0.5) is 13.2 Å². The van der Waals surface area contributed by atoms with Crippen molar-refractivity contribution in [3.8, 4) is 15.4 Å². The van der Waals surface area contributed by atoms with Crippen molar-refractivity contribution in [2.75, 3.05) is 12.9 Å². The highest BCUT2D eigenvalue weighted by atomic mass is 32.2. The largest absolute Gasteiger partial charge is 0.465 e. The monoisotopic (exact) mass is 470 g/mol. The van der Waals surface area contributed by atoms with Gasteiger partial charge in [0.1, 0.15) is 16.7 Å². The maximum absolute atomic E-state index is 13.3. The molecule has 0 bridgehead atoms. The average Bonchev–Trinajstić information content (AvgIpc) is 3.40. The lowest BCUT2D eigenvalue weighted by Gasteiger charge is -2.11. The second kappa shape index (κ2) is 9.46. The third kappa shape index (κ3) is 4.97. The number of halogens is 3. The van der Waals surface area contributed by atoms with Crippen LogP contribution in [-0.2, 0) is 22.3 Å². The molecule has 5 nitrogen and oxygen atoms in total. The Labute approximate surface area is 185 Å². The predicted molar refractivity (Wildman–Crippen MR) is 115 cm³/mol. The zero-order valence-electron chi connectivity index (χ0n) is 17.1. The summed E-state index contributed by atoms with van der Waals surface area (Å²) < 4.78 is 46.2. The third-order valence-corrected chi connectivity index (χ3v) is 6.58. The van der Waals surface area contributed by atoms with Gasteiger partial charge < -0.3 is 9.84 Å². The van der Waals surface area contributed by atoms with E-state index in [-0.39, 0.29) is 19.0 Å². The molecule has 1 N–H and O–H groups in total. The van der Waals surface area contributed by atoms with Gasteiger partial charge in [-0.2, -0.15) is 13.2 Å². The van der Waals surface area contributed by atoms with E-state index < -0.39 is 23.8 Å². The molecule has 0 aliphatic heterocycles. The van der Waals surface area contributed by atoms with Crippen LogP contribution < -0.4 is 0 Å². The Kier molecular flexibility index (Phi) is 7.13. The highest BCUT2D eigenvalue weighted by Gasteiger charge is 2.37. The second-order valence-corrected chi connectivity index (χ2v) is 8.56. The van der Waals surface area contributed by atoms with Crippen LogP contribution >= 0.6 is 23.1 Å². The van der Waals surface area contributed by atoms with Crippen molar-refractivity contribution < 1.29 is 27.8 Å². The Hall–Kier alpha value is -2.30. The number of imidazole rings is 1. The molecule has 3 aromatic rings. The molecular formula is C21H21F3N2O3S2. The van der Waals surface area contributed by atoms with Gasteiger partial charge in [0.15, 0.2) is 5.69 Å². The number of hydrogen-bond acceptors (Lipinski definition) is 6. The molecule has 0 radical (unpaired) electrons. The molecular weight excluding hydrogens is 449 g/mol. The van der Waals surface area contributed by atoms with Gasteiger partial charge in [-0.3, -0.25) is 9.36 Å². The normalized spacial score (nSPS) is 12.7. The Morgan fingerprint density at radius 3 is 2.68 bits per heavy atom. The molecule has 0 aliphatic rings. The molecule has 2 aromatic heterocycles. The number of carbonyl (C=O) groups excluding carboxylic acids is 1. The maximum atomic E-state index is 13.3. The van der Waals surface area contributed by atoms with Gasteiger partial charge in [0, 0.05) is 16.0 Å². The third-order valence-electron chi connectivity index (χ3n) is 4.62. The molecule has 0 aliphatic carbocycles. The minimum Gasteiger partial charge on any atom is -0.465 e. The Morgan fingerprint density at radius 2 is 2.06 bits per heavy atom. The van der Waals surface area contributed by atoms with Crippen LogP contribution in [0.5, 0.6) is 0 Å². The lowest BCUT2D eigenvalue weighted by Crippen LogP contribution is -2.17. The lowest BCUT2D eigenvalue weighted by atomic mass is 10.1. The van der Waals surface area contributed by atoms with Crippen molar-refractivity contribution in [1.82, 2.24) is 9.55 Å². The first kappa shape index (κ1) is 23.4. The van der Waals surface area contributed by atoms with E-state index in [2.05, 4.69) is 4.98 Å². The predicted octanol–water partition coefficient (Wildman–Crippen LogP) is 5.50. The number of aliphatic hydroxyl groups is 1. The van der Waals surface area contributed by atoms with Gasteiger partial charge in [0.05, 0.1) is 13.2 Å². The minimum atomic E-state index is -4.64. The quantitative estimate of drug-likeness (QED) is 0.365. The summed E-state index contributed by atoms with van der Waals surface area (Å²) >= 11 is 2.79. The number of nitrogens with zero attached hydrogens (tertiary/aromatic N) is 2. The van der Waals surface area contributed by atoms with Crippen LogP contribution in [0.3, 0.4) is 0 Å². The number of aromatic nitrogens is 2. The van der Waals surface area contributed by atoms with Gasteiger partial charge in [-0.15, -0.1) is 23.1 Å². The van der Waals surface area contributed by atoms with Crippen molar-refractivity contribution in [2.45, 2.75) is 37.4 Å². The van der Waals surface area contributed by atoms with Crippen molar-refractivity contribution in [3.63, 3.8) is 0 Å². The van der Waals surface area contributed by atoms with E-state index in [1.54, 1.807) is 13.0 Å². The SMILES string of the molecule is CCOC(=O)C(C)c1nc(C(F)(F)F)cn1-c1ccc(-c2ccc(CO)c(SC)c2)s1. The maximum Gasteiger partial charge on any atom is 0.434 e. The van der Waals surface area contributed by atoms with Crippen LogP contribution in [0.1, 0.15) is 36.8 Å². The second-order valence-electron chi connectivity index (χ2n) is 6.65. The zero-order valence-corrected chi connectivity index (χ0v) is 18.7. The van der Waals surface area contributed by atoms with Crippen LogP contribution in [0.25, 0.3) is 15.4 Å². The smallest absolute Gasteiger partial charge is 0.434 e. The number of ether oxygens (including phenoxy) is 1. The van der Waals surface area contributed by atoms with Gasteiger partial charge >= 0.3 is 12.1 Å². The van der Waals surface area contributed by atoms with Crippen molar-refractivity contribution in [2.24, 2.45) is 0 Å². The highest BCUT2D eigenvalue weighted by Crippen LogP contribution is 2.37. The molecule has 166 valence electrons. The molecule has 2 heterocycles. The summed E-state index contributed by atoms with van der Waals surface area (Å²) in [4.78, 5) is 17.6. The highest BCUT2D eigenvalue weighted by molar-refractivity contribution is 7.98. The van der Waals surface area contributed by atoms with Crippen molar-refractivity contribution in [3.05, 3.63) is 53.6 Å². The van der Waals surface area contributed by atoms with E-state index in [1.165, 1.54) is 34.6 Å². The number of carbonyl (C=O) groups is 1. The minimum absolute atomic E-state index is 0.0281. The summed E-state index contributed by atoms with van der Waals surface area (Å²) in [5.41, 5.74) is 0.627. The summed E-state index contributed by atoms with van der Waals surface area (Å²) in [7, 11) is 0. The summed E-state index contributed by atoms with van der Waals surface area (Å²) in [5, 5.41) is 9.95. The van der Waals surface area contributed by atoms with Crippen LogP contribution in [0.15, 0.2) is 41.4 Å². The fourth-order valence-electron chi connectivity index (χ4n) is 3.03. The van der Waals surface area contributed by atoms with E-state index in [0.717, 1.165) is 27.1 Å². The Balaban J connectivity index is 2.04. The average molecular weight is 471 g/mol. The number of esters is 1. The van der Waals surface area contributed by atoms with Gasteiger partial charge in [-0.1, -0.05) is 12.1 Å². The van der Waals surface area contributed by atoms with Crippen LogP contribution in [-0.4, -0.2) is 33.5 Å². The number of benzene rings is 1. The summed E-state index contributed by atoms with van der Waals surface area (Å²) in [6.45, 7) is 3.16. The standard InChI is InChI=1S/C21H21F3N2O3S2/c1-4-29-20(28)12(2)19-25-17(21(22,23)24)10-26(19)18-8-7-15(31-18)13-5-6-14(11-27)16(9-13)30-3/h5-10,12,27H,4,11H2,1-3H3. The van der Waals surface area contributed by atoms with Gasteiger partial charge in [0.2, 0.25) is 0 Å². The molecule has 1 aromatic carbocycles. The number of alkyl halides is 3. The van der Waals surface area contributed by atoms with Gasteiger partial charge in [-0.05, 0) is 49.4 Å². The van der Waals surface area contributed by atoms with E-state index in [4.69, 9.17) is 4.74 Å². The van der Waals surface area contributed by atoms with E-state index in [9.17, 15) is 23.1 Å². The molecule has 0 spiro atoms. The summed E-state index contributed by atoms with van der Waals surface area (Å²) in [5.74, 6) is -1.63. The first-order chi connectivity index (χ1) is 14.7. The number of thiophene rings is 1. The molecule has 0 amide bonds. The van der Waals surface area contributed by atoms with E-state index in [1.807, 2.05) is 30.5 Å². The first-order valence-electron chi connectivity index (χ1n) is 9.41. The van der Waals surface area contributed by atoms with Crippen molar-refractivity contribution >= 4 is 29.1 Å². The number of hydrogen-bond donors (Lipinski definition) is 1. The van der Waals surface area contributed by atoms with Gasteiger partial charge in [0.25, 0.3) is 0 Å². The summed E-state index contributed by atoms with van der Waals surface area (Å²) in [6.07, 6.45) is -1.82. The molecule has 1 unspecified atom stereocenters. The topological polar surface area (TPSA) is 64.3 Å². The summed E-state index contributed by atoms with van der Waals surface area (Å²) in [6, 6.07) is 9.13. The molecule has 10 heteroatoms. The Bertz CT molecular complexity index is 1080. The Morgan fingerprint density at radius 1 is 1.32 bits per heavy atom. The van der Waals surface area contributed by atoms with Crippen LogP contribution in [0, 0.1) is 0 Å². The molecule has 0 saturated carbocycles. The number of rotatable bonds is 7. The number of aliphatic hydroxyl groups excluding tert-OH is 1. The fourth-order valence-corrected chi connectivity index (χ4v) is 4.65. The molecule has 1 atom stereocenters. The number of thioether (sulfide) groups is 1. The molecule has 3 rings (SSSR count). The van der Waals surface area contributed by atoms with Crippen LogP contribution in [0.2, 0.25) is 0 Å². The van der Waals surface area contributed by atoms with Gasteiger partial charge in [-0.25, -0.2) is 4.98 Å². The lowest BCUT2D eigenvalue weighted by molar-refractivity contribution is -0.145. The molecule has 31 heavy (non-hydrogen) atoms. The van der Waals surface area contributed by atoms with E-state index >= 15 is 0 Å². The fraction of sp³-hybridized carbons (Fsp3) is 0.333. The molecule has 0 fully saturated rings. The van der Waals surface area contributed by atoms with Crippen molar-refractivity contribution in [1.29, 1.82) is 0 Å². The molecule has 0 saturated heterocycles. The van der Waals surface area contributed by atoms with E-state index in [0.29, 0.717) is 5.00 Å². The zero-order chi connectivity index (χ0) is 22.8.